The number of urea groups is 1. The van der Waals surface area contributed by atoms with E-state index < -0.39 is 11.9 Å². The molecule has 116 valence electrons. The molecule has 1 aromatic carbocycles. The van der Waals surface area contributed by atoms with Gasteiger partial charge in [-0.05, 0) is 17.9 Å². The summed E-state index contributed by atoms with van der Waals surface area (Å²) in [6.07, 6.45) is 0.768. The Hall–Kier alpha value is -2.04. The third-order valence-electron chi connectivity index (χ3n) is 3.52. The minimum absolute atomic E-state index is 0.0288. The fourth-order valence-corrected chi connectivity index (χ4v) is 2.13. The van der Waals surface area contributed by atoms with Crippen molar-refractivity contribution in [2.45, 2.75) is 33.2 Å². The van der Waals surface area contributed by atoms with Crippen molar-refractivity contribution >= 4 is 12.0 Å². The molecule has 0 radical (unpaired) electrons. The van der Waals surface area contributed by atoms with Crippen molar-refractivity contribution in [1.82, 2.24) is 10.6 Å². The van der Waals surface area contributed by atoms with Crippen LogP contribution in [0.2, 0.25) is 0 Å². The second-order valence-electron chi connectivity index (χ2n) is 5.41. The highest BCUT2D eigenvalue weighted by molar-refractivity contribution is 5.76. The van der Waals surface area contributed by atoms with Gasteiger partial charge in [-0.2, -0.15) is 0 Å². The van der Waals surface area contributed by atoms with Gasteiger partial charge in [0, 0.05) is 6.54 Å². The molecule has 0 spiro atoms. The molecule has 5 heteroatoms. The minimum atomic E-state index is -0.889. The van der Waals surface area contributed by atoms with Gasteiger partial charge in [0.2, 0.25) is 0 Å². The van der Waals surface area contributed by atoms with Gasteiger partial charge in [0.25, 0.3) is 0 Å². The highest BCUT2D eigenvalue weighted by Gasteiger charge is 2.22. The van der Waals surface area contributed by atoms with Gasteiger partial charge in [0.05, 0.1) is 12.0 Å². The van der Waals surface area contributed by atoms with Crippen molar-refractivity contribution in [3.8, 4) is 0 Å². The lowest BCUT2D eigenvalue weighted by molar-refractivity contribution is -0.142. The Morgan fingerprint density at radius 2 is 1.81 bits per heavy atom. The van der Waals surface area contributed by atoms with Crippen LogP contribution in [0.4, 0.5) is 4.79 Å². The van der Waals surface area contributed by atoms with E-state index in [9.17, 15) is 9.59 Å². The molecule has 5 nitrogen and oxygen atoms in total. The number of hydrogen-bond donors (Lipinski definition) is 3. The maximum absolute atomic E-state index is 11.9. The molecule has 0 aliphatic carbocycles. The minimum Gasteiger partial charge on any atom is -0.481 e. The van der Waals surface area contributed by atoms with Gasteiger partial charge < -0.3 is 15.7 Å². The predicted molar refractivity (Wildman–Crippen MR) is 82.0 cm³/mol. The summed E-state index contributed by atoms with van der Waals surface area (Å²) >= 11 is 0. The molecule has 1 aromatic rings. The van der Waals surface area contributed by atoms with Crippen LogP contribution >= 0.6 is 0 Å². The quantitative estimate of drug-likeness (QED) is 0.723. The van der Waals surface area contributed by atoms with Crippen molar-refractivity contribution in [1.29, 1.82) is 0 Å². The van der Waals surface area contributed by atoms with E-state index >= 15 is 0 Å². The predicted octanol–water partition coefficient (Wildman–Crippen LogP) is 2.79. The van der Waals surface area contributed by atoms with Gasteiger partial charge in [-0.3, -0.25) is 4.79 Å². The second kappa shape index (κ2) is 8.29. The maximum atomic E-state index is 11.9. The Morgan fingerprint density at radius 1 is 1.19 bits per heavy atom. The lowest BCUT2D eigenvalue weighted by Gasteiger charge is -2.20. The number of carboxylic acid groups (broad SMARTS) is 1. The number of carbonyl (C=O) groups excluding carboxylic acids is 1. The summed E-state index contributed by atoms with van der Waals surface area (Å²) in [5, 5.41) is 14.6. The molecule has 0 aliphatic heterocycles. The zero-order valence-electron chi connectivity index (χ0n) is 12.8. The van der Waals surface area contributed by atoms with E-state index in [1.54, 1.807) is 0 Å². The second-order valence-corrected chi connectivity index (χ2v) is 5.41. The van der Waals surface area contributed by atoms with Gasteiger partial charge in [-0.25, -0.2) is 4.79 Å². The van der Waals surface area contributed by atoms with Gasteiger partial charge >= 0.3 is 12.0 Å². The summed E-state index contributed by atoms with van der Waals surface area (Å²) in [6, 6.07) is 9.29. The highest BCUT2D eigenvalue weighted by Crippen LogP contribution is 2.15. The van der Waals surface area contributed by atoms with E-state index in [0.717, 1.165) is 12.0 Å². The Morgan fingerprint density at radius 3 is 2.29 bits per heavy atom. The first-order valence-electron chi connectivity index (χ1n) is 7.27. The number of carbonyl (C=O) groups is 2. The number of aliphatic carboxylic acids is 1. The molecule has 0 fully saturated rings. The molecular formula is C16H24N2O3. The molecule has 2 amide bonds. The van der Waals surface area contributed by atoms with Crippen molar-refractivity contribution in [2.24, 2.45) is 11.8 Å². The summed E-state index contributed by atoms with van der Waals surface area (Å²) in [5.74, 6) is -1.49. The highest BCUT2D eigenvalue weighted by atomic mass is 16.4. The molecule has 2 unspecified atom stereocenters. The SMILES string of the molecule is CCC(NC(=O)NCC(C(=O)O)C(C)C)c1ccccc1. The average Bonchev–Trinajstić information content (AvgIpc) is 2.45. The number of hydrogen-bond acceptors (Lipinski definition) is 2. The Bertz CT molecular complexity index is 460. The molecule has 2 atom stereocenters. The standard InChI is InChI=1S/C16H24N2O3/c1-4-14(12-8-6-5-7-9-12)18-16(21)17-10-13(11(2)3)15(19)20/h5-9,11,13-14H,4,10H2,1-3H3,(H,19,20)(H2,17,18,21). The number of benzene rings is 1. The van der Waals surface area contributed by atoms with E-state index in [-0.39, 0.29) is 24.5 Å². The summed E-state index contributed by atoms with van der Waals surface area (Å²) < 4.78 is 0. The van der Waals surface area contributed by atoms with Gasteiger partial charge in [0.15, 0.2) is 0 Å². The lowest BCUT2D eigenvalue weighted by Crippen LogP contribution is -2.42. The third-order valence-corrected chi connectivity index (χ3v) is 3.52. The molecule has 0 aliphatic rings. The topological polar surface area (TPSA) is 78.4 Å². The number of rotatable bonds is 7. The van der Waals surface area contributed by atoms with Gasteiger partial charge in [-0.1, -0.05) is 51.1 Å². The Kier molecular flexibility index (Phi) is 6.72. The molecule has 3 N–H and O–H groups in total. The van der Waals surface area contributed by atoms with Crippen LogP contribution in [-0.4, -0.2) is 23.7 Å². The van der Waals surface area contributed by atoms with Crippen LogP contribution in [0, 0.1) is 11.8 Å². The fourth-order valence-electron chi connectivity index (χ4n) is 2.13. The largest absolute Gasteiger partial charge is 0.481 e. The first kappa shape index (κ1) is 17.0. The molecule has 1 rings (SSSR count). The zero-order valence-corrected chi connectivity index (χ0v) is 12.8. The fraction of sp³-hybridized carbons (Fsp3) is 0.500. The van der Waals surface area contributed by atoms with E-state index in [4.69, 9.17) is 5.11 Å². The van der Waals surface area contributed by atoms with E-state index in [0.29, 0.717) is 0 Å². The van der Waals surface area contributed by atoms with E-state index in [2.05, 4.69) is 10.6 Å². The van der Waals surface area contributed by atoms with Crippen LogP contribution in [-0.2, 0) is 4.79 Å². The smallest absolute Gasteiger partial charge is 0.315 e. The first-order chi connectivity index (χ1) is 9.95. The van der Waals surface area contributed by atoms with Crippen molar-refractivity contribution in [3.05, 3.63) is 35.9 Å². The lowest BCUT2D eigenvalue weighted by atomic mass is 9.96. The molecule has 0 saturated heterocycles. The first-order valence-corrected chi connectivity index (χ1v) is 7.27. The summed E-state index contributed by atoms with van der Waals surface area (Å²) in [6.45, 7) is 5.78. The van der Waals surface area contributed by atoms with E-state index in [1.807, 2.05) is 51.1 Å². The monoisotopic (exact) mass is 292 g/mol. The van der Waals surface area contributed by atoms with Crippen LogP contribution in [0.5, 0.6) is 0 Å². The average molecular weight is 292 g/mol. The molecule has 21 heavy (non-hydrogen) atoms. The number of nitrogens with one attached hydrogen (secondary N) is 2. The Balaban J connectivity index is 2.54. The van der Waals surface area contributed by atoms with Crippen molar-refractivity contribution < 1.29 is 14.7 Å². The molecule has 0 aromatic heterocycles. The van der Waals surface area contributed by atoms with Crippen LogP contribution in [0.1, 0.15) is 38.8 Å². The molecular weight excluding hydrogens is 268 g/mol. The van der Waals surface area contributed by atoms with Gasteiger partial charge in [0.1, 0.15) is 0 Å². The summed E-state index contributed by atoms with van der Waals surface area (Å²) in [4.78, 5) is 23.0. The van der Waals surface area contributed by atoms with E-state index in [1.165, 1.54) is 0 Å². The summed E-state index contributed by atoms with van der Waals surface area (Å²) in [7, 11) is 0. The van der Waals surface area contributed by atoms with Crippen molar-refractivity contribution in [3.63, 3.8) is 0 Å². The molecule has 0 bridgehead atoms. The van der Waals surface area contributed by atoms with Crippen LogP contribution in [0.15, 0.2) is 30.3 Å². The number of amides is 2. The number of carboxylic acids is 1. The zero-order chi connectivity index (χ0) is 15.8. The van der Waals surface area contributed by atoms with Gasteiger partial charge in [-0.15, -0.1) is 0 Å². The Labute approximate surface area is 125 Å². The van der Waals surface area contributed by atoms with Crippen LogP contribution in [0.3, 0.4) is 0 Å². The molecule has 0 saturated carbocycles. The van der Waals surface area contributed by atoms with Crippen LogP contribution < -0.4 is 10.6 Å². The van der Waals surface area contributed by atoms with Crippen LogP contribution in [0.25, 0.3) is 0 Å². The molecule has 0 heterocycles. The van der Waals surface area contributed by atoms with Crippen molar-refractivity contribution in [2.75, 3.05) is 6.54 Å². The summed E-state index contributed by atoms with van der Waals surface area (Å²) in [5.41, 5.74) is 1.04. The third kappa shape index (κ3) is 5.45. The maximum Gasteiger partial charge on any atom is 0.315 e. The normalized spacial score (nSPS) is 13.5.